The molecule has 1 amide bonds. The Bertz CT molecular complexity index is 1420. The predicted octanol–water partition coefficient (Wildman–Crippen LogP) is 3.70. The molecule has 0 N–H and O–H groups in total. The van der Waals surface area contributed by atoms with Gasteiger partial charge >= 0.3 is 0 Å². The Morgan fingerprint density at radius 3 is 2.51 bits per heavy atom. The van der Waals surface area contributed by atoms with Gasteiger partial charge in [0.15, 0.2) is 0 Å². The number of carbonyl (C=O) groups is 1. The molecule has 180 valence electrons. The number of benzene rings is 1. The Labute approximate surface area is 207 Å². The molecule has 1 fully saturated rings. The van der Waals surface area contributed by atoms with Crippen molar-refractivity contribution < 1.29 is 4.79 Å². The summed E-state index contributed by atoms with van der Waals surface area (Å²) in [4.78, 5) is 45.5. The SMILES string of the molecule is Cc1cc(N2CCN(C(=O)Cn3cnc4sc(-c5ccccc5)cc4c3=O)CC2)nc(C(C)C)n1. The second kappa shape index (κ2) is 9.58. The topological polar surface area (TPSA) is 84.2 Å². The Hall–Kier alpha value is -3.59. The van der Waals surface area contributed by atoms with Crippen LogP contribution in [-0.4, -0.2) is 56.5 Å². The molecule has 0 atom stereocenters. The standard InChI is InChI=1S/C26H28N6O2S/c1-17(2)24-28-18(3)13-22(29-24)30-9-11-31(12-10-30)23(33)15-32-16-27-25-20(26(32)34)14-21(35-25)19-7-5-4-6-8-19/h4-8,13-14,16-17H,9-12,15H2,1-3H3. The second-order valence-electron chi connectivity index (χ2n) is 9.12. The summed E-state index contributed by atoms with van der Waals surface area (Å²) < 4.78 is 1.42. The molecule has 35 heavy (non-hydrogen) atoms. The summed E-state index contributed by atoms with van der Waals surface area (Å²) in [7, 11) is 0. The molecule has 0 spiro atoms. The van der Waals surface area contributed by atoms with E-state index in [0.29, 0.717) is 36.4 Å². The van der Waals surface area contributed by atoms with E-state index in [0.717, 1.165) is 27.8 Å². The molecule has 1 aliphatic heterocycles. The zero-order chi connectivity index (χ0) is 24.5. The zero-order valence-electron chi connectivity index (χ0n) is 20.1. The minimum absolute atomic E-state index is 0.0115. The first-order valence-electron chi connectivity index (χ1n) is 11.8. The van der Waals surface area contributed by atoms with Crippen molar-refractivity contribution in [2.24, 2.45) is 0 Å². The number of piperazine rings is 1. The van der Waals surface area contributed by atoms with E-state index >= 15 is 0 Å². The summed E-state index contributed by atoms with van der Waals surface area (Å²) in [5.74, 6) is 1.93. The monoisotopic (exact) mass is 488 g/mol. The van der Waals surface area contributed by atoms with Crippen LogP contribution in [0.15, 0.2) is 53.6 Å². The van der Waals surface area contributed by atoms with Crippen LogP contribution >= 0.6 is 11.3 Å². The molecule has 3 aromatic heterocycles. The molecule has 4 aromatic rings. The van der Waals surface area contributed by atoms with Crippen molar-refractivity contribution in [3.8, 4) is 10.4 Å². The van der Waals surface area contributed by atoms with E-state index in [2.05, 4.69) is 28.7 Å². The number of hydrogen-bond acceptors (Lipinski definition) is 7. The van der Waals surface area contributed by atoms with Crippen LogP contribution in [0.25, 0.3) is 20.7 Å². The number of hydrogen-bond donors (Lipinski definition) is 0. The first kappa shape index (κ1) is 23.2. The van der Waals surface area contributed by atoms with Gasteiger partial charge in [-0.2, -0.15) is 0 Å². The summed E-state index contributed by atoms with van der Waals surface area (Å²) in [6.07, 6.45) is 1.49. The first-order chi connectivity index (χ1) is 16.9. The summed E-state index contributed by atoms with van der Waals surface area (Å²) in [5, 5.41) is 0.550. The third-order valence-corrected chi connectivity index (χ3v) is 7.30. The lowest BCUT2D eigenvalue weighted by molar-refractivity contribution is -0.132. The number of carbonyl (C=O) groups excluding carboxylic acids is 1. The highest BCUT2D eigenvalue weighted by molar-refractivity contribution is 7.21. The van der Waals surface area contributed by atoms with Crippen molar-refractivity contribution >= 4 is 33.3 Å². The molecular weight excluding hydrogens is 460 g/mol. The van der Waals surface area contributed by atoms with Crippen LogP contribution in [0.3, 0.4) is 0 Å². The number of nitrogens with zero attached hydrogens (tertiary/aromatic N) is 6. The lowest BCUT2D eigenvalue weighted by atomic mass is 10.2. The Morgan fingerprint density at radius 2 is 1.80 bits per heavy atom. The van der Waals surface area contributed by atoms with Gasteiger partial charge in [-0.15, -0.1) is 11.3 Å². The Morgan fingerprint density at radius 1 is 1.06 bits per heavy atom. The van der Waals surface area contributed by atoms with Gasteiger partial charge < -0.3 is 9.80 Å². The summed E-state index contributed by atoms with van der Waals surface area (Å²) in [5.41, 5.74) is 1.82. The van der Waals surface area contributed by atoms with Gasteiger partial charge in [0.25, 0.3) is 5.56 Å². The first-order valence-corrected chi connectivity index (χ1v) is 12.6. The molecular formula is C26H28N6O2S. The van der Waals surface area contributed by atoms with E-state index in [1.807, 2.05) is 54.3 Å². The van der Waals surface area contributed by atoms with Gasteiger partial charge in [-0.05, 0) is 18.6 Å². The third kappa shape index (κ3) is 4.81. The van der Waals surface area contributed by atoms with Gasteiger partial charge in [-0.1, -0.05) is 44.2 Å². The number of rotatable bonds is 5. The molecule has 1 aliphatic rings. The summed E-state index contributed by atoms with van der Waals surface area (Å²) in [6, 6.07) is 13.8. The highest BCUT2D eigenvalue weighted by atomic mass is 32.1. The quantitative estimate of drug-likeness (QED) is 0.426. The molecule has 1 aromatic carbocycles. The van der Waals surface area contributed by atoms with E-state index in [9.17, 15) is 9.59 Å². The van der Waals surface area contributed by atoms with Crippen molar-refractivity contribution in [1.82, 2.24) is 24.4 Å². The van der Waals surface area contributed by atoms with E-state index in [4.69, 9.17) is 4.98 Å². The number of thiophene rings is 1. The minimum Gasteiger partial charge on any atom is -0.353 e. The van der Waals surface area contributed by atoms with Gasteiger partial charge in [0.05, 0.1) is 11.7 Å². The van der Waals surface area contributed by atoms with Crippen LogP contribution in [0.5, 0.6) is 0 Å². The van der Waals surface area contributed by atoms with Crippen molar-refractivity contribution in [2.45, 2.75) is 33.2 Å². The lowest BCUT2D eigenvalue weighted by Gasteiger charge is -2.35. The number of anilines is 1. The van der Waals surface area contributed by atoms with Gasteiger partial charge in [-0.25, -0.2) is 15.0 Å². The van der Waals surface area contributed by atoms with Crippen LogP contribution in [-0.2, 0) is 11.3 Å². The van der Waals surface area contributed by atoms with E-state index < -0.39 is 0 Å². The maximum absolute atomic E-state index is 13.1. The summed E-state index contributed by atoms with van der Waals surface area (Å²) >= 11 is 1.49. The van der Waals surface area contributed by atoms with Crippen molar-refractivity contribution in [3.05, 3.63) is 70.7 Å². The van der Waals surface area contributed by atoms with Gasteiger partial charge in [0.1, 0.15) is 23.0 Å². The Balaban J connectivity index is 1.27. The fourth-order valence-electron chi connectivity index (χ4n) is 4.24. The van der Waals surface area contributed by atoms with Crippen LogP contribution in [0.4, 0.5) is 5.82 Å². The molecule has 0 radical (unpaired) electrons. The number of fused-ring (bicyclic) bond motifs is 1. The molecule has 9 heteroatoms. The normalized spacial score (nSPS) is 14.2. The maximum atomic E-state index is 13.1. The second-order valence-corrected chi connectivity index (χ2v) is 10.2. The largest absolute Gasteiger partial charge is 0.353 e. The fourth-order valence-corrected chi connectivity index (χ4v) is 5.24. The molecule has 0 unspecified atom stereocenters. The van der Waals surface area contributed by atoms with Crippen molar-refractivity contribution in [2.75, 3.05) is 31.1 Å². The molecule has 0 saturated carbocycles. The molecule has 0 aliphatic carbocycles. The van der Waals surface area contributed by atoms with Crippen LogP contribution in [0.2, 0.25) is 0 Å². The van der Waals surface area contributed by atoms with E-state index in [1.54, 1.807) is 0 Å². The van der Waals surface area contributed by atoms with Crippen molar-refractivity contribution in [3.63, 3.8) is 0 Å². The van der Waals surface area contributed by atoms with Gasteiger partial charge in [0.2, 0.25) is 5.91 Å². The highest BCUT2D eigenvalue weighted by Gasteiger charge is 2.23. The third-order valence-electron chi connectivity index (χ3n) is 6.21. The average Bonchev–Trinajstić information content (AvgIpc) is 3.31. The zero-order valence-corrected chi connectivity index (χ0v) is 21.0. The number of amides is 1. The lowest BCUT2D eigenvalue weighted by Crippen LogP contribution is -2.50. The van der Waals surface area contributed by atoms with Crippen LogP contribution in [0.1, 0.15) is 31.3 Å². The van der Waals surface area contributed by atoms with Crippen LogP contribution in [0, 0.1) is 6.92 Å². The minimum atomic E-state index is -0.182. The van der Waals surface area contributed by atoms with E-state index in [1.165, 1.54) is 22.2 Å². The molecule has 4 heterocycles. The maximum Gasteiger partial charge on any atom is 0.262 e. The summed E-state index contributed by atoms with van der Waals surface area (Å²) in [6.45, 7) is 8.69. The smallest absolute Gasteiger partial charge is 0.262 e. The van der Waals surface area contributed by atoms with Gasteiger partial charge in [0, 0.05) is 48.7 Å². The van der Waals surface area contributed by atoms with E-state index in [-0.39, 0.29) is 23.9 Å². The number of aromatic nitrogens is 4. The highest BCUT2D eigenvalue weighted by Crippen LogP contribution is 2.30. The molecule has 0 bridgehead atoms. The fraction of sp³-hybridized carbons (Fsp3) is 0.346. The predicted molar refractivity (Wildman–Crippen MR) is 139 cm³/mol. The Kier molecular flexibility index (Phi) is 6.34. The van der Waals surface area contributed by atoms with Crippen LogP contribution < -0.4 is 10.5 Å². The van der Waals surface area contributed by atoms with Crippen molar-refractivity contribution in [1.29, 1.82) is 0 Å². The molecule has 1 saturated heterocycles. The number of aryl methyl sites for hydroxylation is 1. The van der Waals surface area contributed by atoms with Gasteiger partial charge in [-0.3, -0.25) is 14.2 Å². The average molecular weight is 489 g/mol. The molecule has 8 nitrogen and oxygen atoms in total. The molecule has 5 rings (SSSR count).